The zero-order valence-electron chi connectivity index (χ0n) is 10.1. The Morgan fingerprint density at radius 2 is 2.00 bits per heavy atom. The number of rotatable bonds is 6. The number of carboxylic acid groups (broad SMARTS) is 1. The Balaban J connectivity index is 1.77. The van der Waals surface area contributed by atoms with Crippen molar-refractivity contribution >= 4 is 17.7 Å². The van der Waals surface area contributed by atoms with Crippen molar-refractivity contribution in [2.75, 3.05) is 24.7 Å². The van der Waals surface area contributed by atoms with E-state index in [-0.39, 0.29) is 6.42 Å². The molecule has 0 saturated heterocycles. The van der Waals surface area contributed by atoms with Gasteiger partial charge in [-0.3, -0.25) is 4.79 Å². The first kappa shape index (κ1) is 13.1. The summed E-state index contributed by atoms with van der Waals surface area (Å²) < 4.78 is 11.0. The van der Waals surface area contributed by atoms with Gasteiger partial charge in [0.05, 0.1) is 6.42 Å². The minimum atomic E-state index is -0.734. The standard InChI is InChI=1S/C13H16O4S/c14-13(15)4-8-18-7-3-10-1-2-11-12(9-10)17-6-5-16-11/h1-2,9H,3-8H2,(H,14,15). The highest BCUT2D eigenvalue weighted by Gasteiger charge is 2.11. The van der Waals surface area contributed by atoms with E-state index in [1.54, 1.807) is 11.8 Å². The number of hydrogen-bond acceptors (Lipinski definition) is 4. The summed E-state index contributed by atoms with van der Waals surface area (Å²) >= 11 is 1.66. The lowest BCUT2D eigenvalue weighted by Gasteiger charge is -2.18. The molecular formula is C13H16O4S. The Labute approximate surface area is 110 Å². The fourth-order valence-electron chi connectivity index (χ4n) is 1.69. The Kier molecular flexibility index (Phi) is 4.75. The molecule has 0 spiro atoms. The third kappa shape index (κ3) is 3.84. The number of hydrogen-bond donors (Lipinski definition) is 1. The van der Waals surface area contributed by atoms with Crippen LogP contribution >= 0.6 is 11.8 Å². The molecule has 0 atom stereocenters. The molecule has 1 aliphatic heterocycles. The van der Waals surface area contributed by atoms with Crippen LogP contribution in [-0.2, 0) is 11.2 Å². The van der Waals surface area contributed by atoms with Gasteiger partial charge in [-0.05, 0) is 29.9 Å². The van der Waals surface area contributed by atoms with Gasteiger partial charge in [0.15, 0.2) is 11.5 Å². The van der Waals surface area contributed by atoms with Crippen molar-refractivity contribution in [3.63, 3.8) is 0 Å². The normalized spacial score (nSPS) is 13.3. The summed E-state index contributed by atoms with van der Waals surface area (Å²) in [6.45, 7) is 1.21. The topological polar surface area (TPSA) is 55.8 Å². The molecule has 0 radical (unpaired) electrons. The lowest BCUT2D eigenvalue weighted by Crippen LogP contribution is -2.15. The molecule has 98 valence electrons. The molecule has 0 aromatic heterocycles. The van der Waals surface area contributed by atoms with Crippen molar-refractivity contribution in [1.29, 1.82) is 0 Å². The van der Waals surface area contributed by atoms with Crippen molar-refractivity contribution in [3.05, 3.63) is 23.8 Å². The van der Waals surface area contributed by atoms with Crippen molar-refractivity contribution in [3.8, 4) is 11.5 Å². The molecular weight excluding hydrogens is 252 g/mol. The highest BCUT2D eigenvalue weighted by atomic mass is 32.2. The van der Waals surface area contributed by atoms with Gasteiger partial charge in [0, 0.05) is 5.75 Å². The summed E-state index contributed by atoms with van der Waals surface area (Å²) in [5.74, 6) is 2.48. The van der Waals surface area contributed by atoms with E-state index in [0.29, 0.717) is 19.0 Å². The van der Waals surface area contributed by atoms with Gasteiger partial charge in [-0.2, -0.15) is 11.8 Å². The van der Waals surface area contributed by atoms with Crippen molar-refractivity contribution in [2.24, 2.45) is 0 Å². The van der Waals surface area contributed by atoms with Crippen LogP contribution in [0.15, 0.2) is 18.2 Å². The molecule has 0 unspecified atom stereocenters. The number of carbonyl (C=O) groups is 1. The van der Waals surface area contributed by atoms with Gasteiger partial charge in [-0.15, -0.1) is 0 Å². The predicted octanol–water partition coefficient (Wildman–Crippen LogP) is 2.21. The van der Waals surface area contributed by atoms with Crippen molar-refractivity contribution in [2.45, 2.75) is 12.8 Å². The number of thioether (sulfide) groups is 1. The molecule has 1 N–H and O–H groups in total. The third-order valence-corrected chi connectivity index (χ3v) is 3.59. The first-order valence-corrected chi connectivity index (χ1v) is 7.09. The zero-order valence-corrected chi connectivity index (χ0v) is 10.9. The average molecular weight is 268 g/mol. The van der Waals surface area contributed by atoms with Crippen molar-refractivity contribution < 1.29 is 19.4 Å². The first-order valence-electron chi connectivity index (χ1n) is 5.94. The van der Waals surface area contributed by atoms with E-state index >= 15 is 0 Å². The average Bonchev–Trinajstić information content (AvgIpc) is 2.38. The summed E-state index contributed by atoms with van der Waals surface area (Å²) in [7, 11) is 0. The molecule has 1 heterocycles. The Morgan fingerprint density at radius 3 is 2.78 bits per heavy atom. The predicted molar refractivity (Wildman–Crippen MR) is 70.7 cm³/mol. The Bertz CT molecular complexity index is 419. The minimum absolute atomic E-state index is 0.228. The Morgan fingerprint density at radius 1 is 1.22 bits per heavy atom. The van der Waals surface area contributed by atoms with E-state index in [1.165, 1.54) is 5.56 Å². The molecule has 0 saturated carbocycles. The van der Waals surface area contributed by atoms with Gasteiger partial charge in [-0.25, -0.2) is 0 Å². The number of ether oxygens (including phenoxy) is 2. The van der Waals surface area contributed by atoms with E-state index < -0.39 is 5.97 Å². The van der Waals surface area contributed by atoms with Crippen molar-refractivity contribution in [1.82, 2.24) is 0 Å². The van der Waals surface area contributed by atoms with E-state index in [9.17, 15) is 4.79 Å². The van der Waals surface area contributed by atoms with Crippen LogP contribution in [0.5, 0.6) is 11.5 Å². The largest absolute Gasteiger partial charge is 0.486 e. The van der Waals surface area contributed by atoms with Crippen LogP contribution in [0.25, 0.3) is 0 Å². The second-order valence-electron chi connectivity index (χ2n) is 3.98. The zero-order chi connectivity index (χ0) is 12.8. The molecule has 1 aromatic rings. The molecule has 0 fully saturated rings. The van der Waals surface area contributed by atoms with E-state index in [0.717, 1.165) is 23.7 Å². The number of aliphatic carboxylic acids is 1. The monoisotopic (exact) mass is 268 g/mol. The molecule has 0 amide bonds. The van der Waals surface area contributed by atoms with Crippen LogP contribution in [-0.4, -0.2) is 35.8 Å². The van der Waals surface area contributed by atoms with Gasteiger partial charge < -0.3 is 14.6 Å². The highest BCUT2D eigenvalue weighted by Crippen LogP contribution is 2.31. The van der Waals surface area contributed by atoms with Crippen LogP contribution in [0.2, 0.25) is 0 Å². The van der Waals surface area contributed by atoms with Crippen LogP contribution < -0.4 is 9.47 Å². The third-order valence-electron chi connectivity index (χ3n) is 2.60. The SMILES string of the molecule is O=C(O)CCSCCc1ccc2c(c1)OCCO2. The summed E-state index contributed by atoms with van der Waals surface area (Å²) in [4.78, 5) is 10.3. The maximum absolute atomic E-state index is 10.3. The minimum Gasteiger partial charge on any atom is -0.486 e. The van der Waals surface area contributed by atoms with E-state index in [1.807, 2.05) is 18.2 Å². The fraction of sp³-hybridized carbons (Fsp3) is 0.462. The van der Waals surface area contributed by atoms with Gasteiger partial charge >= 0.3 is 5.97 Å². The van der Waals surface area contributed by atoms with E-state index in [2.05, 4.69) is 0 Å². The van der Waals surface area contributed by atoms with Gasteiger partial charge in [0.1, 0.15) is 13.2 Å². The van der Waals surface area contributed by atoms with Crippen LogP contribution in [0.4, 0.5) is 0 Å². The summed E-state index contributed by atoms with van der Waals surface area (Å²) in [5.41, 5.74) is 1.20. The van der Waals surface area contributed by atoms with Crippen LogP contribution in [0, 0.1) is 0 Å². The van der Waals surface area contributed by atoms with E-state index in [4.69, 9.17) is 14.6 Å². The highest BCUT2D eigenvalue weighted by molar-refractivity contribution is 7.99. The molecule has 1 aliphatic rings. The summed E-state index contributed by atoms with van der Waals surface area (Å²) in [6.07, 6.45) is 1.15. The molecule has 18 heavy (non-hydrogen) atoms. The fourth-order valence-corrected chi connectivity index (χ4v) is 2.60. The smallest absolute Gasteiger partial charge is 0.304 e. The number of carboxylic acids is 1. The van der Waals surface area contributed by atoms with Crippen LogP contribution in [0.3, 0.4) is 0 Å². The number of benzene rings is 1. The maximum Gasteiger partial charge on any atom is 0.304 e. The lowest BCUT2D eigenvalue weighted by atomic mass is 10.1. The number of aryl methyl sites for hydroxylation is 1. The lowest BCUT2D eigenvalue weighted by molar-refractivity contribution is -0.136. The molecule has 5 heteroatoms. The second-order valence-corrected chi connectivity index (χ2v) is 5.21. The quantitative estimate of drug-likeness (QED) is 0.802. The summed E-state index contributed by atoms with van der Waals surface area (Å²) in [6, 6.07) is 5.98. The van der Waals surface area contributed by atoms with Gasteiger partial charge in [-0.1, -0.05) is 6.07 Å². The molecule has 1 aromatic carbocycles. The Hall–Kier alpha value is -1.36. The molecule has 0 aliphatic carbocycles. The van der Waals surface area contributed by atoms with Gasteiger partial charge in [0.25, 0.3) is 0 Å². The van der Waals surface area contributed by atoms with Crippen LogP contribution in [0.1, 0.15) is 12.0 Å². The second kappa shape index (κ2) is 6.54. The molecule has 4 nitrogen and oxygen atoms in total. The van der Waals surface area contributed by atoms with Gasteiger partial charge in [0.2, 0.25) is 0 Å². The summed E-state index contributed by atoms with van der Waals surface area (Å²) in [5, 5.41) is 8.52. The number of fused-ring (bicyclic) bond motifs is 1. The molecule has 2 rings (SSSR count). The first-order chi connectivity index (χ1) is 8.75. The molecule has 0 bridgehead atoms. The maximum atomic E-state index is 10.3.